The lowest BCUT2D eigenvalue weighted by atomic mass is 9.88. The fourth-order valence-electron chi connectivity index (χ4n) is 3.95. The molecule has 3 rings (SSSR count). The summed E-state index contributed by atoms with van der Waals surface area (Å²) in [6.07, 6.45) is 5.92. The maximum Gasteiger partial charge on any atom is 0.118 e. The van der Waals surface area contributed by atoms with Gasteiger partial charge in [-0.25, -0.2) is 0 Å². The molecule has 0 amide bonds. The topological polar surface area (TPSA) is 42.4 Å². The molecule has 0 aliphatic heterocycles. The van der Waals surface area contributed by atoms with Gasteiger partial charge in [-0.2, -0.15) is 0 Å². The van der Waals surface area contributed by atoms with Crippen LogP contribution >= 0.6 is 0 Å². The molecule has 0 radical (unpaired) electrons. The number of rotatable bonds is 5. The van der Waals surface area contributed by atoms with E-state index in [9.17, 15) is 0 Å². The Kier molecular flexibility index (Phi) is 3.44. The van der Waals surface area contributed by atoms with Gasteiger partial charge in [-0.1, -0.05) is 6.42 Å². The summed E-state index contributed by atoms with van der Waals surface area (Å²) < 4.78 is 5.66. The third-order valence-corrected chi connectivity index (χ3v) is 4.77. The number of hydrogen-bond acceptors (Lipinski definition) is 3. The Labute approximate surface area is 109 Å². The van der Waals surface area contributed by atoms with Gasteiger partial charge in [0, 0.05) is 6.54 Å². The zero-order valence-electron chi connectivity index (χ0n) is 11.3. The normalized spacial score (nSPS) is 30.5. The quantitative estimate of drug-likeness (QED) is 0.871. The Hall–Kier alpha value is -0.800. The van der Waals surface area contributed by atoms with Crippen molar-refractivity contribution in [3.05, 3.63) is 23.7 Å². The molecule has 3 atom stereocenters. The highest BCUT2D eigenvalue weighted by molar-refractivity contribution is 5.06. The Morgan fingerprint density at radius 3 is 2.72 bits per heavy atom. The minimum absolute atomic E-state index is 0.496. The van der Waals surface area contributed by atoms with Crippen molar-refractivity contribution in [1.29, 1.82) is 0 Å². The lowest BCUT2D eigenvalue weighted by molar-refractivity contribution is 0.203. The molecule has 2 fully saturated rings. The molecule has 2 aliphatic rings. The van der Waals surface area contributed by atoms with E-state index in [4.69, 9.17) is 10.2 Å². The van der Waals surface area contributed by atoms with Crippen LogP contribution in [0.15, 0.2) is 16.5 Å². The van der Waals surface area contributed by atoms with Crippen molar-refractivity contribution in [2.24, 2.45) is 23.5 Å². The lowest BCUT2D eigenvalue weighted by Gasteiger charge is -2.26. The predicted molar refractivity (Wildman–Crippen MR) is 71.9 cm³/mol. The van der Waals surface area contributed by atoms with Gasteiger partial charge in [-0.05, 0) is 56.2 Å². The molecule has 0 aromatic carbocycles. The van der Waals surface area contributed by atoms with Crippen LogP contribution in [0.4, 0.5) is 0 Å². The Bertz CT molecular complexity index is 401. The van der Waals surface area contributed by atoms with Crippen LogP contribution in [0.5, 0.6) is 0 Å². The summed E-state index contributed by atoms with van der Waals surface area (Å²) in [5, 5.41) is 0. The number of furan rings is 1. The first-order valence-corrected chi connectivity index (χ1v) is 7.21. The minimum Gasteiger partial charge on any atom is -0.463 e. The molecule has 0 spiro atoms. The van der Waals surface area contributed by atoms with Crippen LogP contribution in [0.2, 0.25) is 0 Å². The third kappa shape index (κ3) is 2.47. The smallest absolute Gasteiger partial charge is 0.118 e. The highest BCUT2D eigenvalue weighted by atomic mass is 16.3. The highest BCUT2D eigenvalue weighted by Gasteiger charge is 2.39. The van der Waals surface area contributed by atoms with Crippen molar-refractivity contribution in [2.45, 2.75) is 38.8 Å². The second kappa shape index (κ2) is 5.06. The summed E-state index contributed by atoms with van der Waals surface area (Å²) in [5.41, 5.74) is 5.56. The molecule has 3 heteroatoms. The van der Waals surface area contributed by atoms with Gasteiger partial charge < -0.3 is 10.2 Å². The SMILES string of the molecule is CN(Cc1ccc(CN)o1)CC1CC2CCC1C2. The molecule has 2 saturated carbocycles. The molecule has 100 valence electrons. The van der Waals surface area contributed by atoms with Gasteiger partial charge >= 0.3 is 0 Å². The van der Waals surface area contributed by atoms with Crippen LogP contribution in [0, 0.1) is 17.8 Å². The molecule has 2 N–H and O–H groups in total. The Balaban J connectivity index is 1.51. The Morgan fingerprint density at radius 1 is 1.28 bits per heavy atom. The van der Waals surface area contributed by atoms with Crippen LogP contribution < -0.4 is 5.73 Å². The average Bonchev–Trinajstić information content (AvgIpc) is 3.04. The van der Waals surface area contributed by atoms with Crippen LogP contribution in [0.1, 0.15) is 37.2 Å². The van der Waals surface area contributed by atoms with E-state index in [1.807, 2.05) is 6.07 Å². The van der Waals surface area contributed by atoms with Gasteiger partial charge in [0.2, 0.25) is 0 Å². The first-order valence-electron chi connectivity index (χ1n) is 7.21. The van der Waals surface area contributed by atoms with Gasteiger partial charge in [0.15, 0.2) is 0 Å². The molecular formula is C15H24N2O. The number of fused-ring (bicyclic) bond motifs is 2. The molecule has 1 aromatic rings. The van der Waals surface area contributed by atoms with E-state index < -0.39 is 0 Å². The van der Waals surface area contributed by atoms with E-state index in [0.717, 1.165) is 35.8 Å². The van der Waals surface area contributed by atoms with E-state index in [-0.39, 0.29) is 0 Å². The van der Waals surface area contributed by atoms with Crippen molar-refractivity contribution in [3.63, 3.8) is 0 Å². The molecular weight excluding hydrogens is 224 g/mol. The van der Waals surface area contributed by atoms with Crippen LogP contribution in [-0.2, 0) is 13.1 Å². The largest absolute Gasteiger partial charge is 0.463 e. The molecule has 3 unspecified atom stereocenters. The fraction of sp³-hybridized carbons (Fsp3) is 0.733. The fourth-order valence-corrected chi connectivity index (χ4v) is 3.95. The lowest BCUT2D eigenvalue weighted by Crippen LogP contribution is -2.28. The first kappa shape index (κ1) is 12.2. The monoisotopic (exact) mass is 248 g/mol. The maximum atomic E-state index is 5.66. The molecule has 0 saturated heterocycles. The van der Waals surface area contributed by atoms with Crippen molar-refractivity contribution in [3.8, 4) is 0 Å². The molecule has 18 heavy (non-hydrogen) atoms. The summed E-state index contributed by atoms with van der Waals surface area (Å²) in [6.45, 7) is 2.63. The Morgan fingerprint density at radius 2 is 2.11 bits per heavy atom. The zero-order valence-corrected chi connectivity index (χ0v) is 11.3. The van der Waals surface area contributed by atoms with Gasteiger partial charge in [-0.15, -0.1) is 0 Å². The zero-order chi connectivity index (χ0) is 12.5. The maximum absolute atomic E-state index is 5.66. The summed E-state index contributed by atoms with van der Waals surface area (Å²) in [5.74, 6) is 4.91. The van der Waals surface area contributed by atoms with Gasteiger partial charge in [-0.3, -0.25) is 4.90 Å². The van der Waals surface area contributed by atoms with Gasteiger partial charge in [0.05, 0.1) is 13.1 Å². The standard InChI is InChI=1S/C15H24N2O/c1-17(10-15-5-4-14(8-16)18-15)9-13-7-11-2-3-12(13)6-11/h4-5,11-13H,2-3,6-10,16H2,1H3. The molecule has 2 aliphatic carbocycles. The number of hydrogen-bond donors (Lipinski definition) is 1. The summed E-state index contributed by atoms with van der Waals surface area (Å²) in [6, 6.07) is 4.04. The summed E-state index contributed by atoms with van der Waals surface area (Å²) in [4.78, 5) is 2.41. The van der Waals surface area contributed by atoms with Crippen LogP contribution in [0.25, 0.3) is 0 Å². The van der Waals surface area contributed by atoms with E-state index in [2.05, 4.69) is 18.0 Å². The van der Waals surface area contributed by atoms with E-state index in [0.29, 0.717) is 6.54 Å². The highest BCUT2D eigenvalue weighted by Crippen LogP contribution is 2.48. The predicted octanol–water partition coefficient (Wildman–Crippen LogP) is 2.61. The molecule has 3 nitrogen and oxygen atoms in total. The van der Waals surface area contributed by atoms with Crippen molar-refractivity contribution >= 4 is 0 Å². The van der Waals surface area contributed by atoms with Crippen molar-refractivity contribution in [1.82, 2.24) is 4.90 Å². The van der Waals surface area contributed by atoms with Crippen molar-refractivity contribution < 1.29 is 4.42 Å². The van der Waals surface area contributed by atoms with Crippen LogP contribution in [0.3, 0.4) is 0 Å². The second-order valence-electron chi connectivity index (χ2n) is 6.20. The number of nitrogens with zero attached hydrogens (tertiary/aromatic N) is 1. The molecule has 1 heterocycles. The van der Waals surface area contributed by atoms with E-state index >= 15 is 0 Å². The third-order valence-electron chi connectivity index (χ3n) is 4.77. The number of nitrogens with two attached hydrogens (primary N) is 1. The second-order valence-corrected chi connectivity index (χ2v) is 6.20. The van der Waals surface area contributed by atoms with E-state index in [1.165, 1.54) is 32.2 Å². The minimum atomic E-state index is 0.496. The average molecular weight is 248 g/mol. The molecule has 2 bridgehead atoms. The summed E-state index contributed by atoms with van der Waals surface area (Å²) in [7, 11) is 2.20. The van der Waals surface area contributed by atoms with E-state index in [1.54, 1.807) is 0 Å². The van der Waals surface area contributed by atoms with Gasteiger partial charge in [0.1, 0.15) is 11.5 Å². The molecule has 1 aromatic heterocycles. The van der Waals surface area contributed by atoms with Gasteiger partial charge in [0.25, 0.3) is 0 Å². The van der Waals surface area contributed by atoms with Crippen molar-refractivity contribution in [2.75, 3.05) is 13.6 Å². The van der Waals surface area contributed by atoms with Crippen LogP contribution in [-0.4, -0.2) is 18.5 Å². The first-order chi connectivity index (χ1) is 8.74. The summed E-state index contributed by atoms with van der Waals surface area (Å²) >= 11 is 0.